The van der Waals surface area contributed by atoms with Crippen LogP contribution in [0.2, 0.25) is 0 Å². The number of nitrogens with one attached hydrogen (secondary N) is 1. The van der Waals surface area contributed by atoms with Gasteiger partial charge in [-0.3, -0.25) is 4.99 Å². The normalized spacial score (nSPS) is 11.5. The standard InChI is InChI=1S/C20H27N3O2/c1-24-16-18-11-5-6-12-19(18)23-20(21)22-13-7-8-14-25-15-17-9-3-2-4-10-17/h2-6,9-12H,7-8,13-16H2,1H3,(H3,21,22,23). The van der Waals surface area contributed by atoms with Gasteiger partial charge in [-0.2, -0.15) is 0 Å². The van der Waals surface area contributed by atoms with E-state index in [2.05, 4.69) is 22.4 Å². The lowest BCUT2D eigenvalue weighted by Gasteiger charge is -2.10. The fourth-order valence-corrected chi connectivity index (χ4v) is 2.38. The van der Waals surface area contributed by atoms with Gasteiger partial charge in [-0.1, -0.05) is 48.5 Å². The van der Waals surface area contributed by atoms with Crippen molar-refractivity contribution in [3.05, 3.63) is 65.7 Å². The number of hydrogen-bond acceptors (Lipinski definition) is 3. The van der Waals surface area contributed by atoms with Crippen LogP contribution in [0.25, 0.3) is 0 Å². The molecule has 2 aromatic rings. The van der Waals surface area contributed by atoms with Gasteiger partial charge >= 0.3 is 0 Å². The Morgan fingerprint density at radius 3 is 2.56 bits per heavy atom. The highest BCUT2D eigenvalue weighted by Crippen LogP contribution is 2.15. The van der Waals surface area contributed by atoms with Gasteiger partial charge in [0, 0.05) is 31.5 Å². The summed E-state index contributed by atoms with van der Waals surface area (Å²) in [5, 5.41) is 3.14. The van der Waals surface area contributed by atoms with E-state index in [4.69, 9.17) is 15.2 Å². The molecule has 0 amide bonds. The van der Waals surface area contributed by atoms with Crippen molar-refractivity contribution in [1.29, 1.82) is 0 Å². The second-order valence-corrected chi connectivity index (χ2v) is 5.73. The van der Waals surface area contributed by atoms with Crippen molar-refractivity contribution < 1.29 is 9.47 Å². The fraction of sp³-hybridized carbons (Fsp3) is 0.350. The molecular formula is C20H27N3O2. The van der Waals surface area contributed by atoms with E-state index < -0.39 is 0 Å². The molecule has 0 heterocycles. The van der Waals surface area contributed by atoms with Gasteiger partial charge in [-0.05, 0) is 24.5 Å². The molecule has 0 unspecified atom stereocenters. The minimum Gasteiger partial charge on any atom is -0.380 e. The Hall–Kier alpha value is -2.37. The van der Waals surface area contributed by atoms with Gasteiger partial charge in [-0.15, -0.1) is 0 Å². The van der Waals surface area contributed by atoms with Crippen LogP contribution in [0.4, 0.5) is 5.69 Å². The van der Waals surface area contributed by atoms with Crippen molar-refractivity contribution in [1.82, 2.24) is 0 Å². The zero-order valence-corrected chi connectivity index (χ0v) is 14.8. The van der Waals surface area contributed by atoms with Crippen LogP contribution in [0.5, 0.6) is 0 Å². The fourth-order valence-electron chi connectivity index (χ4n) is 2.38. The molecule has 3 N–H and O–H groups in total. The lowest BCUT2D eigenvalue weighted by molar-refractivity contribution is 0.117. The predicted molar refractivity (Wildman–Crippen MR) is 103 cm³/mol. The van der Waals surface area contributed by atoms with Gasteiger partial charge in [0.1, 0.15) is 0 Å². The smallest absolute Gasteiger partial charge is 0.193 e. The largest absolute Gasteiger partial charge is 0.380 e. The maximum absolute atomic E-state index is 5.95. The van der Waals surface area contributed by atoms with Crippen molar-refractivity contribution in [3.63, 3.8) is 0 Å². The van der Waals surface area contributed by atoms with Crippen LogP contribution >= 0.6 is 0 Å². The van der Waals surface area contributed by atoms with Gasteiger partial charge in [0.25, 0.3) is 0 Å². The molecular weight excluding hydrogens is 314 g/mol. The third-order valence-corrected chi connectivity index (χ3v) is 3.67. The first-order valence-electron chi connectivity index (χ1n) is 8.55. The highest BCUT2D eigenvalue weighted by molar-refractivity contribution is 5.92. The zero-order valence-electron chi connectivity index (χ0n) is 14.8. The van der Waals surface area contributed by atoms with Crippen LogP contribution in [-0.4, -0.2) is 26.2 Å². The molecule has 0 saturated heterocycles. The van der Waals surface area contributed by atoms with Gasteiger partial charge in [0.15, 0.2) is 5.96 Å². The minimum atomic E-state index is 0.425. The van der Waals surface area contributed by atoms with E-state index in [-0.39, 0.29) is 0 Å². The average molecular weight is 341 g/mol. The predicted octanol–water partition coefficient (Wildman–Crippen LogP) is 3.56. The van der Waals surface area contributed by atoms with E-state index in [0.29, 0.717) is 25.7 Å². The third-order valence-electron chi connectivity index (χ3n) is 3.67. The van der Waals surface area contributed by atoms with Crippen LogP contribution in [0.1, 0.15) is 24.0 Å². The van der Waals surface area contributed by atoms with Crippen molar-refractivity contribution >= 4 is 11.6 Å². The number of nitrogens with zero attached hydrogens (tertiary/aromatic N) is 1. The van der Waals surface area contributed by atoms with E-state index in [9.17, 15) is 0 Å². The van der Waals surface area contributed by atoms with Crippen molar-refractivity contribution in [2.24, 2.45) is 10.7 Å². The summed E-state index contributed by atoms with van der Waals surface area (Å²) < 4.78 is 10.8. The van der Waals surface area contributed by atoms with E-state index in [1.165, 1.54) is 5.56 Å². The number of para-hydroxylation sites is 1. The van der Waals surface area contributed by atoms with Gasteiger partial charge in [-0.25, -0.2) is 0 Å². The zero-order chi connectivity index (χ0) is 17.7. The molecule has 2 aromatic carbocycles. The summed E-state index contributed by atoms with van der Waals surface area (Å²) in [6, 6.07) is 18.1. The number of rotatable bonds is 10. The molecule has 0 aromatic heterocycles. The van der Waals surface area contributed by atoms with Crippen LogP contribution in [0.15, 0.2) is 59.6 Å². The number of benzene rings is 2. The molecule has 0 aliphatic carbocycles. The lowest BCUT2D eigenvalue weighted by atomic mass is 10.2. The Labute approximate surface area is 149 Å². The van der Waals surface area contributed by atoms with E-state index in [1.54, 1.807) is 7.11 Å². The minimum absolute atomic E-state index is 0.425. The molecule has 0 aliphatic heterocycles. The summed E-state index contributed by atoms with van der Waals surface area (Å²) in [6.45, 7) is 2.60. The number of unbranched alkanes of at least 4 members (excludes halogenated alkanes) is 1. The molecule has 5 nitrogen and oxygen atoms in total. The van der Waals surface area contributed by atoms with E-state index in [1.807, 2.05) is 42.5 Å². The summed E-state index contributed by atoms with van der Waals surface area (Å²) in [5.41, 5.74) is 9.13. The summed E-state index contributed by atoms with van der Waals surface area (Å²) in [5.74, 6) is 0.425. The Balaban J connectivity index is 1.63. The lowest BCUT2D eigenvalue weighted by Crippen LogP contribution is -2.23. The highest BCUT2D eigenvalue weighted by Gasteiger charge is 2.02. The maximum atomic E-state index is 5.95. The Morgan fingerprint density at radius 1 is 1.00 bits per heavy atom. The number of ether oxygens (including phenoxy) is 2. The molecule has 0 atom stereocenters. The number of aliphatic imine (C=N–C) groups is 1. The second kappa shape index (κ2) is 11.2. The topological polar surface area (TPSA) is 68.9 Å². The van der Waals surface area contributed by atoms with Crippen LogP contribution in [0, 0.1) is 0 Å². The quantitative estimate of drug-likeness (QED) is 0.394. The first kappa shape index (κ1) is 19.0. The van der Waals surface area contributed by atoms with E-state index >= 15 is 0 Å². The van der Waals surface area contributed by atoms with Gasteiger partial charge in [0.05, 0.1) is 13.2 Å². The Morgan fingerprint density at radius 2 is 1.76 bits per heavy atom. The number of guanidine groups is 1. The maximum Gasteiger partial charge on any atom is 0.193 e. The SMILES string of the molecule is COCc1ccccc1NC(N)=NCCCCOCc1ccccc1. The van der Waals surface area contributed by atoms with Crippen molar-refractivity contribution in [2.45, 2.75) is 26.1 Å². The summed E-state index contributed by atoms with van der Waals surface area (Å²) >= 11 is 0. The molecule has 0 aliphatic rings. The monoisotopic (exact) mass is 341 g/mol. The molecule has 5 heteroatoms. The first-order valence-corrected chi connectivity index (χ1v) is 8.55. The van der Waals surface area contributed by atoms with Crippen molar-refractivity contribution in [3.8, 4) is 0 Å². The molecule has 134 valence electrons. The Kier molecular flexibility index (Phi) is 8.52. The molecule has 0 radical (unpaired) electrons. The van der Waals surface area contributed by atoms with Crippen LogP contribution < -0.4 is 11.1 Å². The van der Waals surface area contributed by atoms with Crippen LogP contribution in [-0.2, 0) is 22.7 Å². The molecule has 0 bridgehead atoms. The molecule has 0 spiro atoms. The summed E-state index contributed by atoms with van der Waals surface area (Å²) in [4.78, 5) is 4.36. The third kappa shape index (κ3) is 7.37. The Bertz CT molecular complexity index is 644. The number of hydrogen-bond donors (Lipinski definition) is 2. The van der Waals surface area contributed by atoms with Gasteiger partial charge in [0.2, 0.25) is 0 Å². The number of methoxy groups -OCH3 is 1. The molecule has 25 heavy (non-hydrogen) atoms. The molecule has 0 saturated carbocycles. The van der Waals surface area contributed by atoms with Crippen LogP contribution in [0.3, 0.4) is 0 Å². The highest BCUT2D eigenvalue weighted by atomic mass is 16.5. The summed E-state index contributed by atoms with van der Waals surface area (Å²) in [6.07, 6.45) is 1.90. The first-order chi connectivity index (χ1) is 12.3. The van der Waals surface area contributed by atoms with E-state index in [0.717, 1.165) is 30.7 Å². The van der Waals surface area contributed by atoms with Crippen molar-refractivity contribution in [2.75, 3.05) is 25.6 Å². The average Bonchev–Trinajstić information content (AvgIpc) is 2.63. The molecule has 2 rings (SSSR count). The van der Waals surface area contributed by atoms with Gasteiger partial charge < -0.3 is 20.5 Å². The second-order valence-electron chi connectivity index (χ2n) is 5.73. The molecule has 0 fully saturated rings. The number of nitrogens with two attached hydrogens (primary N) is 1. The summed E-state index contributed by atoms with van der Waals surface area (Å²) in [7, 11) is 1.67. The number of anilines is 1.